The molecule has 0 spiro atoms. The average Bonchev–Trinajstić information content (AvgIpc) is 2.70. The highest BCUT2D eigenvalue weighted by molar-refractivity contribution is 8.76. The highest BCUT2D eigenvalue weighted by Gasteiger charge is 2.03. The van der Waals surface area contributed by atoms with Gasteiger partial charge in [-0.1, -0.05) is 112 Å². The average molecular weight is 435 g/mol. The van der Waals surface area contributed by atoms with Gasteiger partial charge in [0, 0.05) is 11.5 Å². The molecule has 28 heavy (non-hydrogen) atoms. The second kappa shape index (κ2) is 23.9. The first-order valence-corrected chi connectivity index (χ1v) is 14.8. The van der Waals surface area contributed by atoms with Gasteiger partial charge in [0.1, 0.15) is 0 Å². The molecule has 0 saturated carbocycles. The fourth-order valence-corrected chi connectivity index (χ4v) is 5.72. The fourth-order valence-electron chi connectivity index (χ4n) is 3.43. The second-order valence-electron chi connectivity index (χ2n) is 8.35. The van der Waals surface area contributed by atoms with Crippen LogP contribution in [0, 0.1) is 0 Å². The van der Waals surface area contributed by atoms with E-state index < -0.39 is 0 Å². The van der Waals surface area contributed by atoms with E-state index >= 15 is 0 Å². The summed E-state index contributed by atoms with van der Waals surface area (Å²) in [7, 11) is 4.11. The molecule has 2 unspecified atom stereocenters. The lowest BCUT2D eigenvalue weighted by molar-refractivity contribution is 0.147. The molecule has 0 fully saturated rings. The zero-order valence-corrected chi connectivity index (χ0v) is 20.6. The lowest BCUT2D eigenvalue weighted by atomic mass is 10.0. The number of aliphatic hydroxyl groups excluding tert-OH is 2. The Morgan fingerprint density at radius 1 is 0.464 bits per heavy atom. The van der Waals surface area contributed by atoms with Gasteiger partial charge in [0.15, 0.2) is 0 Å². The maximum Gasteiger partial charge on any atom is 0.0540 e. The van der Waals surface area contributed by atoms with Gasteiger partial charge in [-0.2, -0.15) is 0 Å². The molecule has 0 saturated heterocycles. The lowest BCUT2D eigenvalue weighted by Gasteiger charge is -2.09. The lowest BCUT2D eigenvalue weighted by Crippen LogP contribution is -2.05. The Morgan fingerprint density at radius 3 is 1.18 bits per heavy atom. The van der Waals surface area contributed by atoms with Crippen molar-refractivity contribution in [3.05, 3.63) is 0 Å². The third-order valence-corrected chi connectivity index (χ3v) is 7.97. The normalized spacial score (nSPS) is 13.7. The van der Waals surface area contributed by atoms with Gasteiger partial charge in [-0.15, -0.1) is 0 Å². The van der Waals surface area contributed by atoms with Crippen molar-refractivity contribution in [3.8, 4) is 0 Å². The monoisotopic (exact) mass is 434 g/mol. The van der Waals surface area contributed by atoms with E-state index in [9.17, 15) is 10.2 Å². The minimum Gasteiger partial charge on any atom is -0.393 e. The summed E-state index contributed by atoms with van der Waals surface area (Å²) in [6.07, 6.45) is 21.6. The molecule has 2 nitrogen and oxygen atoms in total. The molecule has 2 atom stereocenters. The molecule has 0 radical (unpaired) electrons. The fraction of sp³-hybridized carbons (Fsp3) is 1.00. The molecule has 170 valence electrons. The van der Waals surface area contributed by atoms with Crippen molar-refractivity contribution in [1.29, 1.82) is 0 Å². The number of aliphatic hydroxyl groups is 2. The largest absolute Gasteiger partial charge is 0.393 e. The highest BCUT2D eigenvalue weighted by Crippen LogP contribution is 2.25. The van der Waals surface area contributed by atoms with Gasteiger partial charge >= 0.3 is 0 Å². The molecule has 0 amide bonds. The van der Waals surface area contributed by atoms with Gasteiger partial charge in [-0.05, 0) is 38.5 Å². The van der Waals surface area contributed by atoms with E-state index in [1.807, 2.05) is 0 Å². The topological polar surface area (TPSA) is 40.5 Å². The van der Waals surface area contributed by atoms with Crippen LogP contribution in [-0.4, -0.2) is 33.9 Å². The smallest absolute Gasteiger partial charge is 0.0540 e. The number of unbranched alkanes of at least 4 members (excludes halogenated alkanes) is 10. The molecule has 2 N–H and O–H groups in total. The molecule has 0 heterocycles. The van der Waals surface area contributed by atoms with E-state index in [-0.39, 0.29) is 12.2 Å². The first-order chi connectivity index (χ1) is 13.7. The summed E-state index contributed by atoms with van der Waals surface area (Å²) >= 11 is 0. The predicted octanol–water partition coefficient (Wildman–Crippen LogP) is 8.15. The van der Waals surface area contributed by atoms with Crippen molar-refractivity contribution < 1.29 is 10.2 Å². The van der Waals surface area contributed by atoms with Gasteiger partial charge < -0.3 is 10.2 Å². The Bertz CT molecular complexity index is 262. The van der Waals surface area contributed by atoms with Crippen molar-refractivity contribution >= 4 is 21.6 Å². The molecule has 0 aromatic carbocycles. The van der Waals surface area contributed by atoms with Crippen LogP contribution >= 0.6 is 21.6 Å². The predicted molar refractivity (Wildman–Crippen MR) is 131 cm³/mol. The van der Waals surface area contributed by atoms with Crippen LogP contribution in [0.2, 0.25) is 0 Å². The summed E-state index contributed by atoms with van der Waals surface area (Å²) in [5.74, 6) is 2.58. The van der Waals surface area contributed by atoms with Crippen LogP contribution in [0.1, 0.15) is 129 Å². The van der Waals surface area contributed by atoms with Gasteiger partial charge in [0.05, 0.1) is 12.2 Å². The third-order valence-electron chi connectivity index (χ3n) is 5.40. The second-order valence-corrected chi connectivity index (χ2v) is 11.1. The summed E-state index contributed by atoms with van der Waals surface area (Å²) in [4.78, 5) is 0. The SMILES string of the molecule is CCCCC(O)CCCCCCCSSCCCCCCCC(O)CCCC. The molecular formula is C24H50O2S2. The van der Waals surface area contributed by atoms with Crippen molar-refractivity contribution in [3.63, 3.8) is 0 Å². The first kappa shape index (κ1) is 28.6. The van der Waals surface area contributed by atoms with Gasteiger partial charge in [0.25, 0.3) is 0 Å². The van der Waals surface area contributed by atoms with Crippen LogP contribution in [0.3, 0.4) is 0 Å². The number of rotatable bonds is 23. The molecule has 0 aliphatic rings. The zero-order valence-electron chi connectivity index (χ0n) is 19.0. The van der Waals surface area contributed by atoms with Crippen LogP contribution in [0.4, 0.5) is 0 Å². The van der Waals surface area contributed by atoms with Crippen LogP contribution in [-0.2, 0) is 0 Å². The minimum absolute atomic E-state index is 0.0516. The third kappa shape index (κ3) is 22.9. The van der Waals surface area contributed by atoms with Gasteiger partial charge in [-0.3, -0.25) is 0 Å². The van der Waals surface area contributed by atoms with Gasteiger partial charge in [0.2, 0.25) is 0 Å². The molecule has 0 aromatic heterocycles. The Balaban J connectivity index is 3.10. The maximum atomic E-state index is 9.82. The highest BCUT2D eigenvalue weighted by atomic mass is 33.1. The standard InChI is InChI=1S/C24H50O2S2/c1-3-5-17-23(25)19-13-9-7-11-15-21-27-28-22-16-12-8-10-14-20-24(26)18-6-4-2/h23-26H,3-22H2,1-2H3. The summed E-state index contributed by atoms with van der Waals surface area (Å²) in [5.41, 5.74) is 0. The zero-order chi connectivity index (χ0) is 20.7. The van der Waals surface area contributed by atoms with Crippen LogP contribution in [0.25, 0.3) is 0 Å². The van der Waals surface area contributed by atoms with E-state index in [1.54, 1.807) is 0 Å². The molecule has 0 aliphatic carbocycles. The van der Waals surface area contributed by atoms with Crippen molar-refractivity contribution in [2.24, 2.45) is 0 Å². The molecule has 0 bridgehead atoms. The Hall–Kier alpha value is 0.620. The molecule has 4 heteroatoms. The number of hydrogen-bond donors (Lipinski definition) is 2. The van der Waals surface area contributed by atoms with E-state index in [0.717, 1.165) is 25.7 Å². The maximum absolute atomic E-state index is 9.82. The minimum atomic E-state index is -0.0516. The van der Waals surface area contributed by atoms with Crippen molar-refractivity contribution in [1.82, 2.24) is 0 Å². The first-order valence-electron chi connectivity index (χ1n) is 12.3. The van der Waals surface area contributed by atoms with E-state index in [0.29, 0.717) is 0 Å². The van der Waals surface area contributed by atoms with Crippen LogP contribution < -0.4 is 0 Å². The molecule has 0 rings (SSSR count). The van der Waals surface area contributed by atoms with E-state index in [1.165, 1.54) is 101 Å². The summed E-state index contributed by atoms with van der Waals surface area (Å²) in [5, 5.41) is 19.6. The molecular weight excluding hydrogens is 384 g/mol. The van der Waals surface area contributed by atoms with Crippen LogP contribution in [0.5, 0.6) is 0 Å². The Morgan fingerprint density at radius 2 is 0.786 bits per heavy atom. The van der Waals surface area contributed by atoms with Crippen molar-refractivity contribution in [2.75, 3.05) is 11.5 Å². The van der Waals surface area contributed by atoms with Gasteiger partial charge in [-0.25, -0.2) is 0 Å². The number of hydrogen-bond acceptors (Lipinski definition) is 4. The molecule has 0 aromatic rings. The van der Waals surface area contributed by atoms with E-state index in [2.05, 4.69) is 35.4 Å². The summed E-state index contributed by atoms with van der Waals surface area (Å²) < 4.78 is 0. The van der Waals surface area contributed by atoms with E-state index in [4.69, 9.17) is 0 Å². The summed E-state index contributed by atoms with van der Waals surface area (Å²) in [6, 6.07) is 0. The van der Waals surface area contributed by atoms with Crippen molar-refractivity contribution in [2.45, 2.75) is 142 Å². The quantitative estimate of drug-likeness (QED) is 0.126. The Kier molecular flexibility index (Phi) is 24.4. The molecule has 0 aliphatic heterocycles. The summed E-state index contributed by atoms with van der Waals surface area (Å²) in [6.45, 7) is 4.38. The van der Waals surface area contributed by atoms with Crippen LogP contribution in [0.15, 0.2) is 0 Å². The Labute approximate surface area is 184 Å².